The van der Waals surface area contributed by atoms with E-state index in [-0.39, 0.29) is 23.5 Å². The van der Waals surface area contributed by atoms with Crippen LogP contribution in [-0.2, 0) is 4.79 Å². The summed E-state index contributed by atoms with van der Waals surface area (Å²) in [7, 11) is 0. The fourth-order valence-corrected chi connectivity index (χ4v) is 2.89. The van der Waals surface area contributed by atoms with Crippen LogP contribution in [0.25, 0.3) is 6.08 Å². The fourth-order valence-electron chi connectivity index (χ4n) is 2.07. The van der Waals surface area contributed by atoms with Crippen LogP contribution in [0, 0.1) is 12.3 Å². The maximum Gasteiger partial charge on any atom is 0.244 e. The fraction of sp³-hybridized carbons (Fsp3) is 0.500. The monoisotopic (exact) mass is 265 g/mol. The maximum atomic E-state index is 11.8. The zero-order valence-corrected chi connectivity index (χ0v) is 11.8. The van der Waals surface area contributed by atoms with E-state index in [2.05, 4.69) is 5.32 Å². The lowest BCUT2D eigenvalue weighted by atomic mass is 9.64. The molecule has 1 saturated carbocycles. The van der Waals surface area contributed by atoms with Gasteiger partial charge in [-0.25, -0.2) is 0 Å². The van der Waals surface area contributed by atoms with Crippen LogP contribution in [0.1, 0.15) is 30.7 Å². The van der Waals surface area contributed by atoms with Gasteiger partial charge in [0.1, 0.15) is 0 Å². The second-order valence-corrected chi connectivity index (χ2v) is 6.38. The molecule has 0 saturated heterocycles. The minimum absolute atomic E-state index is 0.0640. The summed E-state index contributed by atoms with van der Waals surface area (Å²) in [6.45, 7) is 5.97. The van der Waals surface area contributed by atoms with Crippen LogP contribution in [0.3, 0.4) is 0 Å². The molecule has 0 bridgehead atoms. The second-order valence-electron chi connectivity index (χ2n) is 5.44. The summed E-state index contributed by atoms with van der Waals surface area (Å²) in [6.07, 6.45) is 3.74. The summed E-state index contributed by atoms with van der Waals surface area (Å²) in [6, 6.07) is 2.10. The van der Waals surface area contributed by atoms with Gasteiger partial charge in [0.05, 0.1) is 6.10 Å². The summed E-state index contributed by atoms with van der Waals surface area (Å²) >= 11 is 1.62. The number of carbonyl (C=O) groups is 1. The number of carbonyl (C=O) groups excluding carboxylic acids is 1. The van der Waals surface area contributed by atoms with Crippen molar-refractivity contribution in [3.05, 3.63) is 28.0 Å². The van der Waals surface area contributed by atoms with E-state index in [9.17, 15) is 9.90 Å². The highest BCUT2D eigenvalue weighted by Crippen LogP contribution is 2.40. The van der Waals surface area contributed by atoms with Crippen molar-refractivity contribution >= 4 is 23.3 Å². The maximum absolute atomic E-state index is 11.8. The molecule has 0 spiro atoms. The van der Waals surface area contributed by atoms with E-state index in [1.807, 2.05) is 38.3 Å². The lowest BCUT2D eigenvalue weighted by Gasteiger charge is -2.49. The predicted octanol–water partition coefficient (Wildman–Crippen LogP) is 2.35. The molecule has 1 aromatic rings. The minimum atomic E-state index is -0.314. The average molecular weight is 265 g/mol. The zero-order chi connectivity index (χ0) is 13.3. The van der Waals surface area contributed by atoms with E-state index in [1.165, 1.54) is 5.56 Å². The third-order valence-corrected chi connectivity index (χ3v) is 4.80. The smallest absolute Gasteiger partial charge is 0.244 e. The van der Waals surface area contributed by atoms with Crippen molar-refractivity contribution in [2.24, 2.45) is 5.41 Å². The highest BCUT2D eigenvalue weighted by Gasteiger charge is 2.47. The van der Waals surface area contributed by atoms with Gasteiger partial charge in [-0.3, -0.25) is 4.79 Å². The van der Waals surface area contributed by atoms with Crippen LogP contribution in [0.15, 0.2) is 17.5 Å². The number of aryl methyl sites for hydroxylation is 1. The van der Waals surface area contributed by atoms with E-state index in [0.29, 0.717) is 6.42 Å². The van der Waals surface area contributed by atoms with Gasteiger partial charge >= 0.3 is 0 Å². The van der Waals surface area contributed by atoms with Gasteiger partial charge in [0.25, 0.3) is 0 Å². The number of aliphatic hydroxyl groups excluding tert-OH is 1. The molecule has 4 heteroatoms. The molecular weight excluding hydrogens is 246 g/mol. The number of rotatable bonds is 3. The molecule has 1 heterocycles. The Kier molecular flexibility index (Phi) is 3.59. The summed E-state index contributed by atoms with van der Waals surface area (Å²) in [5, 5.41) is 14.6. The first-order valence-electron chi connectivity index (χ1n) is 6.12. The van der Waals surface area contributed by atoms with Crippen LogP contribution in [0.2, 0.25) is 0 Å². The number of hydrogen-bond acceptors (Lipinski definition) is 3. The first-order chi connectivity index (χ1) is 8.41. The van der Waals surface area contributed by atoms with E-state index in [0.717, 1.165) is 4.88 Å². The van der Waals surface area contributed by atoms with Crippen molar-refractivity contribution in [2.45, 2.75) is 39.3 Å². The molecule has 1 amide bonds. The van der Waals surface area contributed by atoms with Gasteiger partial charge < -0.3 is 10.4 Å². The molecule has 2 atom stereocenters. The van der Waals surface area contributed by atoms with E-state index in [4.69, 9.17) is 0 Å². The molecule has 1 fully saturated rings. The van der Waals surface area contributed by atoms with E-state index >= 15 is 0 Å². The highest BCUT2D eigenvalue weighted by atomic mass is 32.1. The molecule has 2 rings (SSSR count). The van der Waals surface area contributed by atoms with Gasteiger partial charge in [-0.2, -0.15) is 0 Å². The molecule has 1 aliphatic rings. The summed E-state index contributed by atoms with van der Waals surface area (Å²) in [5.41, 5.74) is 0.964. The van der Waals surface area contributed by atoms with Crippen molar-refractivity contribution in [1.82, 2.24) is 5.32 Å². The Bertz CT molecular complexity index is 476. The SMILES string of the molecule is Cc1ccsc1/C=C/C(=O)NC1CC(O)C1(C)C. The van der Waals surface area contributed by atoms with Gasteiger partial charge in [-0.05, 0) is 36.4 Å². The van der Waals surface area contributed by atoms with Crippen molar-refractivity contribution in [2.75, 3.05) is 0 Å². The van der Waals surface area contributed by atoms with Crippen molar-refractivity contribution < 1.29 is 9.90 Å². The van der Waals surface area contributed by atoms with Gasteiger partial charge in [-0.15, -0.1) is 11.3 Å². The standard InChI is InChI=1S/C14H19NO2S/c1-9-6-7-18-10(9)4-5-13(17)15-11-8-12(16)14(11,2)3/h4-7,11-12,16H,8H2,1-3H3,(H,15,17)/b5-4+. The first-order valence-corrected chi connectivity index (χ1v) is 7.00. The number of amides is 1. The van der Waals surface area contributed by atoms with Crippen LogP contribution in [0.4, 0.5) is 0 Å². The molecule has 0 radical (unpaired) electrons. The van der Waals surface area contributed by atoms with E-state index in [1.54, 1.807) is 17.4 Å². The Morgan fingerprint density at radius 2 is 2.33 bits per heavy atom. The molecule has 2 N–H and O–H groups in total. The van der Waals surface area contributed by atoms with E-state index < -0.39 is 0 Å². The molecular formula is C14H19NO2S. The van der Waals surface area contributed by atoms with Crippen LogP contribution in [0.5, 0.6) is 0 Å². The lowest BCUT2D eigenvalue weighted by Crippen LogP contribution is -2.60. The largest absolute Gasteiger partial charge is 0.392 e. The number of nitrogens with one attached hydrogen (secondary N) is 1. The number of thiophene rings is 1. The number of hydrogen-bond donors (Lipinski definition) is 2. The quantitative estimate of drug-likeness (QED) is 0.824. The van der Waals surface area contributed by atoms with Crippen molar-refractivity contribution in [1.29, 1.82) is 0 Å². The first kappa shape index (κ1) is 13.3. The molecule has 2 unspecified atom stereocenters. The lowest BCUT2D eigenvalue weighted by molar-refractivity contribution is -0.124. The molecule has 18 heavy (non-hydrogen) atoms. The van der Waals surface area contributed by atoms with Gasteiger partial charge in [-0.1, -0.05) is 13.8 Å². The molecule has 0 aromatic carbocycles. The van der Waals surface area contributed by atoms with Crippen molar-refractivity contribution in [3.63, 3.8) is 0 Å². The Hall–Kier alpha value is -1.13. The Labute approximate surface area is 112 Å². The molecule has 0 aliphatic heterocycles. The van der Waals surface area contributed by atoms with Crippen molar-refractivity contribution in [3.8, 4) is 0 Å². The molecule has 1 aromatic heterocycles. The minimum Gasteiger partial charge on any atom is -0.392 e. The summed E-state index contributed by atoms with van der Waals surface area (Å²) in [4.78, 5) is 12.9. The van der Waals surface area contributed by atoms with Gasteiger partial charge in [0.15, 0.2) is 0 Å². The Morgan fingerprint density at radius 1 is 1.61 bits per heavy atom. The predicted molar refractivity (Wildman–Crippen MR) is 74.4 cm³/mol. The Morgan fingerprint density at radius 3 is 2.83 bits per heavy atom. The normalized spacial score (nSPS) is 26.0. The third-order valence-electron chi connectivity index (χ3n) is 3.82. The van der Waals surface area contributed by atoms with Crippen LogP contribution < -0.4 is 5.32 Å². The van der Waals surface area contributed by atoms with Gasteiger partial charge in [0, 0.05) is 22.4 Å². The third kappa shape index (κ3) is 2.49. The second kappa shape index (κ2) is 4.86. The molecule has 1 aliphatic carbocycles. The van der Waals surface area contributed by atoms with Crippen LogP contribution in [-0.4, -0.2) is 23.2 Å². The highest BCUT2D eigenvalue weighted by molar-refractivity contribution is 7.11. The topological polar surface area (TPSA) is 49.3 Å². The summed E-state index contributed by atoms with van der Waals surface area (Å²) in [5.74, 6) is -0.0900. The molecule has 3 nitrogen and oxygen atoms in total. The van der Waals surface area contributed by atoms with Gasteiger partial charge in [0.2, 0.25) is 5.91 Å². The Balaban J connectivity index is 1.91. The average Bonchev–Trinajstić information content (AvgIpc) is 2.72. The summed E-state index contributed by atoms with van der Waals surface area (Å²) < 4.78 is 0. The zero-order valence-electron chi connectivity index (χ0n) is 10.9. The number of aliphatic hydroxyl groups is 1. The van der Waals surface area contributed by atoms with Crippen LogP contribution >= 0.6 is 11.3 Å². The molecule has 98 valence electrons.